The number of aromatic nitrogens is 2. The zero-order valence-electron chi connectivity index (χ0n) is 15.2. The van der Waals surface area contributed by atoms with Gasteiger partial charge in [0.05, 0.1) is 14.2 Å². The molecule has 2 aromatic carbocycles. The van der Waals surface area contributed by atoms with Gasteiger partial charge in [0.1, 0.15) is 11.5 Å². The summed E-state index contributed by atoms with van der Waals surface area (Å²) in [5, 5.41) is 4.42. The van der Waals surface area contributed by atoms with Crippen LogP contribution < -0.4 is 9.47 Å². The number of halogens is 1. The van der Waals surface area contributed by atoms with Gasteiger partial charge in [-0.2, -0.15) is 4.98 Å². The summed E-state index contributed by atoms with van der Waals surface area (Å²) < 4.78 is 20.6. The lowest BCUT2D eigenvalue weighted by molar-refractivity contribution is -0.139. The second-order valence-electron chi connectivity index (χ2n) is 5.61. The zero-order chi connectivity index (χ0) is 19.9. The van der Waals surface area contributed by atoms with E-state index in [-0.39, 0.29) is 12.5 Å². The van der Waals surface area contributed by atoms with Gasteiger partial charge < -0.3 is 18.7 Å². The third-order valence-electron chi connectivity index (χ3n) is 3.67. The number of hydrogen-bond acceptors (Lipinski definition) is 7. The van der Waals surface area contributed by atoms with Gasteiger partial charge in [0, 0.05) is 22.7 Å². The molecule has 0 saturated carbocycles. The first-order chi connectivity index (χ1) is 13.6. The number of esters is 1. The molecule has 1 aromatic heterocycles. The number of carbonyl (C=O) groups excluding carboxylic acids is 1. The summed E-state index contributed by atoms with van der Waals surface area (Å²) in [7, 11) is 3.11. The van der Waals surface area contributed by atoms with E-state index in [1.807, 2.05) is 0 Å². The average molecular weight is 401 g/mol. The number of carbonyl (C=O) groups is 1. The van der Waals surface area contributed by atoms with Crippen molar-refractivity contribution < 1.29 is 23.5 Å². The molecule has 0 saturated heterocycles. The number of methoxy groups -OCH3 is 2. The molecule has 0 N–H and O–H groups in total. The second kappa shape index (κ2) is 9.05. The van der Waals surface area contributed by atoms with Crippen LogP contribution >= 0.6 is 11.6 Å². The lowest BCUT2D eigenvalue weighted by atomic mass is 10.2. The number of benzene rings is 2. The van der Waals surface area contributed by atoms with E-state index < -0.39 is 5.97 Å². The highest BCUT2D eigenvalue weighted by molar-refractivity contribution is 6.30. The largest absolute Gasteiger partial charge is 0.497 e. The molecule has 0 aliphatic heterocycles. The van der Waals surface area contributed by atoms with Crippen molar-refractivity contribution in [2.45, 2.75) is 6.61 Å². The molecule has 0 unspecified atom stereocenters. The molecule has 0 fully saturated rings. The molecule has 3 rings (SSSR count). The Kier molecular flexibility index (Phi) is 6.29. The van der Waals surface area contributed by atoms with E-state index in [4.69, 9.17) is 30.3 Å². The van der Waals surface area contributed by atoms with Crippen LogP contribution in [-0.2, 0) is 16.1 Å². The van der Waals surface area contributed by atoms with Crippen LogP contribution in [0, 0.1) is 0 Å². The first-order valence-corrected chi connectivity index (χ1v) is 8.61. The van der Waals surface area contributed by atoms with Gasteiger partial charge in [-0.25, -0.2) is 4.79 Å². The molecule has 0 spiro atoms. The summed E-state index contributed by atoms with van der Waals surface area (Å²) in [6, 6.07) is 12.3. The maximum absolute atomic E-state index is 11.9. The zero-order valence-corrected chi connectivity index (χ0v) is 16.0. The predicted molar refractivity (Wildman–Crippen MR) is 103 cm³/mol. The van der Waals surface area contributed by atoms with E-state index in [1.165, 1.54) is 6.08 Å². The van der Waals surface area contributed by atoms with Crippen molar-refractivity contribution in [1.82, 2.24) is 10.1 Å². The Morgan fingerprint density at radius 3 is 2.57 bits per heavy atom. The summed E-state index contributed by atoms with van der Waals surface area (Å²) in [6.07, 6.45) is 2.89. The molecular formula is C20H17ClN2O5. The van der Waals surface area contributed by atoms with Gasteiger partial charge in [0.15, 0.2) is 6.61 Å². The number of ether oxygens (including phenoxy) is 3. The predicted octanol–water partition coefficient (Wildman–Crippen LogP) is 4.16. The first-order valence-electron chi connectivity index (χ1n) is 8.24. The van der Waals surface area contributed by atoms with Gasteiger partial charge in [0.2, 0.25) is 5.82 Å². The third kappa shape index (κ3) is 5.11. The van der Waals surface area contributed by atoms with Crippen molar-refractivity contribution in [1.29, 1.82) is 0 Å². The van der Waals surface area contributed by atoms with Gasteiger partial charge >= 0.3 is 5.97 Å². The maximum atomic E-state index is 11.9. The lowest BCUT2D eigenvalue weighted by Gasteiger charge is -2.05. The quantitative estimate of drug-likeness (QED) is 0.434. The van der Waals surface area contributed by atoms with Gasteiger partial charge in [-0.1, -0.05) is 28.9 Å². The normalized spacial score (nSPS) is 10.8. The van der Waals surface area contributed by atoms with E-state index in [1.54, 1.807) is 62.8 Å². The molecule has 0 radical (unpaired) electrons. The minimum Gasteiger partial charge on any atom is -0.497 e. The van der Waals surface area contributed by atoms with Gasteiger partial charge in [-0.05, 0) is 35.9 Å². The fourth-order valence-corrected chi connectivity index (χ4v) is 2.52. The molecule has 0 aliphatic rings. The number of hydrogen-bond donors (Lipinski definition) is 0. The van der Waals surface area contributed by atoms with Crippen molar-refractivity contribution >= 4 is 23.6 Å². The molecule has 3 aromatic rings. The van der Waals surface area contributed by atoms with E-state index in [0.29, 0.717) is 27.9 Å². The Morgan fingerprint density at radius 1 is 1.14 bits per heavy atom. The molecular weight excluding hydrogens is 384 g/mol. The number of nitrogens with zero attached hydrogens (tertiary/aromatic N) is 2. The molecule has 1 heterocycles. The molecule has 7 nitrogen and oxygen atoms in total. The van der Waals surface area contributed by atoms with Crippen molar-refractivity contribution in [3.05, 3.63) is 65.0 Å². The van der Waals surface area contributed by atoms with Crippen LogP contribution in [0.5, 0.6) is 11.5 Å². The lowest BCUT2D eigenvalue weighted by Crippen LogP contribution is -2.01. The highest BCUT2D eigenvalue weighted by Crippen LogP contribution is 2.23. The van der Waals surface area contributed by atoms with Crippen LogP contribution in [0.3, 0.4) is 0 Å². The molecule has 0 aliphatic carbocycles. The molecule has 8 heteroatoms. The first kappa shape index (κ1) is 19.4. The van der Waals surface area contributed by atoms with E-state index in [9.17, 15) is 4.79 Å². The van der Waals surface area contributed by atoms with Crippen molar-refractivity contribution in [2.24, 2.45) is 0 Å². The van der Waals surface area contributed by atoms with E-state index in [0.717, 1.165) is 5.56 Å². The Morgan fingerprint density at radius 2 is 1.89 bits per heavy atom. The van der Waals surface area contributed by atoms with Crippen LogP contribution in [0.1, 0.15) is 11.5 Å². The smallest absolute Gasteiger partial charge is 0.331 e. The van der Waals surface area contributed by atoms with Crippen molar-refractivity contribution in [2.75, 3.05) is 14.2 Å². The third-order valence-corrected chi connectivity index (χ3v) is 3.91. The van der Waals surface area contributed by atoms with Crippen molar-refractivity contribution in [3.8, 4) is 22.9 Å². The van der Waals surface area contributed by atoms with Crippen LogP contribution in [0.4, 0.5) is 0 Å². The number of rotatable bonds is 7. The molecule has 28 heavy (non-hydrogen) atoms. The Bertz CT molecular complexity index is 978. The Balaban J connectivity index is 1.60. The summed E-state index contributed by atoms with van der Waals surface area (Å²) >= 11 is 5.95. The highest BCUT2D eigenvalue weighted by atomic mass is 35.5. The van der Waals surface area contributed by atoms with Crippen LogP contribution in [0.15, 0.2) is 53.1 Å². The molecule has 0 atom stereocenters. The topological polar surface area (TPSA) is 83.7 Å². The average Bonchev–Trinajstić information content (AvgIpc) is 3.19. The van der Waals surface area contributed by atoms with Crippen LogP contribution in [-0.4, -0.2) is 30.3 Å². The molecule has 0 amide bonds. The van der Waals surface area contributed by atoms with Gasteiger partial charge in [-0.3, -0.25) is 0 Å². The monoisotopic (exact) mass is 400 g/mol. The van der Waals surface area contributed by atoms with Crippen LogP contribution in [0.2, 0.25) is 5.02 Å². The standard InChI is InChI=1S/C20H17ClN2O5/c1-25-16-8-13(9-17(11-16)26-2)6-7-19(24)27-12-18-22-20(23-28-18)14-4-3-5-15(21)10-14/h3-11H,12H2,1-2H3/b7-6+. The Labute approximate surface area is 166 Å². The summed E-state index contributed by atoms with van der Waals surface area (Å²) in [6.45, 7) is -0.141. The second-order valence-corrected chi connectivity index (χ2v) is 6.05. The summed E-state index contributed by atoms with van der Waals surface area (Å²) in [5.41, 5.74) is 1.44. The van der Waals surface area contributed by atoms with E-state index in [2.05, 4.69) is 10.1 Å². The fourth-order valence-electron chi connectivity index (χ4n) is 2.33. The summed E-state index contributed by atoms with van der Waals surface area (Å²) in [4.78, 5) is 16.1. The van der Waals surface area contributed by atoms with Gasteiger partial charge in [0.25, 0.3) is 5.89 Å². The van der Waals surface area contributed by atoms with E-state index >= 15 is 0 Å². The van der Waals surface area contributed by atoms with Crippen LogP contribution in [0.25, 0.3) is 17.5 Å². The maximum Gasteiger partial charge on any atom is 0.331 e. The fraction of sp³-hybridized carbons (Fsp3) is 0.150. The molecule has 144 valence electrons. The SMILES string of the molecule is COc1cc(/C=C/C(=O)OCc2nc(-c3cccc(Cl)c3)no2)cc(OC)c1. The highest BCUT2D eigenvalue weighted by Gasteiger charge is 2.10. The minimum absolute atomic E-state index is 0.141. The molecule has 0 bridgehead atoms. The van der Waals surface area contributed by atoms with Gasteiger partial charge in [-0.15, -0.1) is 0 Å². The van der Waals surface area contributed by atoms with Crippen molar-refractivity contribution in [3.63, 3.8) is 0 Å². The summed E-state index contributed by atoms with van der Waals surface area (Å²) in [5.74, 6) is 1.23. The minimum atomic E-state index is -0.552. The Hall–Kier alpha value is -3.32.